The summed E-state index contributed by atoms with van der Waals surface area (Å²) in [6.45, 7) is 7.62. The number of hydrogen-bond donors (Lipinski definition) is 2. The summed E-state index contributed by atoms with van der Waals surface area (Å²) in [5.41, 5.74) is 1.89. The van der Waals surface area contributed by atoms with Crippen molar-refractivity contribution in [3.05, 3.63) is 48.0 Å². The van der Waals surface area contributed by atoms with Crippen molar-refractivity contribution in [2.75, 3.05) is 6.54 Å². The van der Waals surface area contributed by atoms with Crippen molar-refractivity contribution in [3.8, 4) is 0 Å². The fourth-order valence-electron chi connectivity index (χ4n) is 2.16. The van der Waals surface area contributed by atoms with E-state index in [1.807, 2.05) is 44.2 Å². The summed E-state index contributed by atoms with van der Waals surface area (Å²) in [5, 5.41) is 12.0. The van der Waals surface area contributed by atoms with E-state index in [2.05, 4.69) is 11.9 Å². The number of carboxylic acid groups (broad SMARTS) is 1. The van der Waals surface area contributed by atoms with Gasteiger partial charge in [0, 0.05) is 12.5 Å². The van der Waals surface area contributed by atoms with E-state index in [0.717, 1.165) is 11.1 Å². The summed E-state index contributed by atoms with van der Waals surface area (Å²) in [6.07, 6.45) is 1.02. The Bertz CT molecular complexity index is 496. The largest absolute Gasteiger partial charge is 0.481 e. The Morgan fingerprint density at radius 3 is 2.43 bits per heavy atom. The van der Waals surface area contributed by atoms with Crippen molar-refractivity contribution in [1.82, 2.24) is 5.32 Å². The first kappa shape index (κ1) is 17.0. The molecule has 0 heterocycles. The Kier molecular flexibility index (Phi) is 6.66. The van der Waals surface area contributed by atoms with Crippen LogP contribution < -0.4 is 5.32 Å². The maximum absolute atomic E-state index is 11.9. The zero-order chi connectivity index (χ0) is 15.8. The topological polar surface area (TPSA) is 66.4 Å². The Morgan fingerprint density at radius 2 is 1.90 bits per heavy atom. The SMILES string of the molecule is C=C(C)CC(C)C(=O)NCC(Cc1ccccc1)C(=O)O. The van der Waals surface area contributed by atoms with Gasteiger partial charge in [0.15, 0.2) is 0 Å². The monoisotopic (exact) mass is 289 g/mol. The molecule has 0 aliphatic carbocycles. The van der Waals surface area contributed by atoms with Crippen molar-refractivity contribution in [3.63, 3.8) is 0 Å². The van der Waals surface area contributed by atoms with Gasteiger partial charge in [0.05, 0.1) is 5.92 Å². The first-order chi connectivity index (χ1) is 9.90. The zero-order valence-electron chi connectivity index (χ0n) is 12.6. The van der Waals surface area contributed by atoms with E-state index in [1.165, 1.54) is 0 Å². The predicted octanol–water partition coefficient (Wildman–Crippen LogP) is 2.65. The van der Waals surface area contributed by atoms with Gasteiger partial charge in [-0.25, -0.2) is 0 Å². The molecular formula is C17H23NO3. The molecule has 2 unspecified atom stereocenters. The number of benzene rings is 1. The minimum Gasteiger partial charge on any atom is -0.481 e. The van der Waals surface area contributed by atoms with Gasteiger partial charge in [0.2, 0.25) is 5.91 Å². The van der Waals surface area contributed by atoms with Crippen LogP contribution in [-0.4, -0.2) is 23.5 Å². The summed E-state index contributed by atoms with van der Waals surface area (Å²) in [4.78, 5) is 23.2. The van der Waals surface area contributed by atoms with E-state index in [9.17, 15) is 14.7 Å². The Morgan fingerprint density at radius 1 is 1.29 bits per heavy atom. The molecule has 0 bridgehead atoms. The molecule has 1 aromatic carbocycles. The van der Waals surface area contributed by atoms with Gasteiger partial charge < -0.3 is 10.4 Å². The van der Waals surface area contributed by atoms with Gasteiger partial charge in [0.1, 0.15) is 0 Å². The molecule has 2 atom stereocenters. The average Bonchev–Trinajstić information content (AvgIpc) is 2.43. The number of nitrogens with one attached hydrogen (secondary N) is 1. The first-order valence-electron chi connectivity index (χ1n) is 7.09. The number of carbonyl (C=O) groups is 2. The zero-order valence-corrected chi connectivity index (χ0v) is 12.6. The standard InChI is InChI=1S/C17H23NO3/c1-12(2)9-13(3)16(19)18-11-15(17(20)21)10-14-7-5-4-6-8-14/h4-8,13,15H,1,9-11H2,2-3H3,(H,18,19)(H,20,21). The Balaban J connectivity index is 2.54. The van der Waals surface area contributed by atoms with Gasteiger partial charge >= 0.3 is 5.97 Å². The molecule has 4 nitrogen and oxygen atoms in total. The van der Waals surface area contributed by atoms with Crippen molar-refractivity contribution in [2.45, 2.75) is 26.7 Å². The third-order valence-corrected chi connectivity index (χ3v) is 3.30. The fourth-order valence-corrected chi connectivity index (χ4v) is 2.16. The predicted molar refractivity (Wildman–Crippen MR) is 82.9 cm³/mol. The van der Waals surface area contributed by atoms with Gasteiger partial charge in [-0.1, -0.05) is 42.8 Å². The fraction of sp³-hybridized carbons (Fsp3) is 0.412. The molecule has 0 saturated carbocycles. The van der Waals surface area contributed by atoms with E-state index < -0.39 is 11.9 Å². The highest BCUT2D eigenvalue weighted by Gasteiger charge is 2.20. The highest BCUT2D eigenvalue weighted by Crippen LogP contribution is 2.11. The van der Waals surface area contributed by atoms with Crippen molar-refractivity contribution >= 4 is 11.9 Å². The van der Waals surface area contributed by atoms with E-state index in [1.54, 1.807) is 0 Å². The summed E-state index contributed by atoms with van der Waals surface area (Å²) in [7, 11) is 0. The third-order valence-electron chi connectivity index (χ3n) is 3.30. The molecule has 0 fully saturated rings. The number of rotatable bonds is 8. The second-order valence-corrected chi connectivity index (χ2v) is 5.53. The minimum atomic E-state index is -0.897. The first-order valence-corrected chi connectivity index (χ1v) is 7.09. The Hall–Kier alpha value is -2.10. The van der Waals surface area contributed by atoms with Gasteiger partial charge in [-0.05, 0) is 25.3 Å². The molecule has 0 saturated heterocycles. The van der Waals surface area contributed by atoms with E-state index in [-0.39, 0.29) is 18.4 Å². The second kappa shape index (κ2) is 8.25. The highest BCUT2D eigenvalue weighted by atomic mass is 16.4. The van der Waals surface area contributed by atoms with Crippen molar-refractivity contribution < 1.29 is 14.7 Å². The number of carbonyl (C=O) groups excluding carboxylic acids is 1. The number of allylic oxidation sites excluding steroid dienone is 1. The molecule has 4 heteroatoms. The average molecular weight is 289 g/mol. The lowest BCUT2D eigenvalue weighted by atomic mass is 9.98. The van der Waals surface area contributed by atoms with Gasteiger partial charge in [0.25, 0.3) is 0 Å². The molecule has 0 spiro atoms. The van der Waals surface area contributed by atoms with Crippen LogP contribution in [-0.2, 0) is 16.0 Å². The smallest absolute Gasteiger partial charge is 0.308 e. The summed E-state index contributed by atoms with van der Waals surface area (Å²) >= 11 is 0. The maximum atomic E-state index is 11.9. The molecule has 0 aromatic heterocycles. The molecular weight excluding hydrogens is 266 g/mol. The molecule has 0 radical (unpaired) electrons. The molecule has 0 aliphatic heterocycles. The molecule has 1 aromatic rings. The molecule has 0 aliphatic rings. The van der Waals surface area contributed by atoms with Crippen LogP contribution in [0.15, 0.2) is 42.5 Å². The summed E-state index contributed by atoms with van der Waals surface area (Å²) < 4.78 is 0. The number of amides is 1. The maximum Gasteiger partial charge on any atom is 0.308 e. The lowest BCUT2D eigenvalue weighted by Crippen LogP contribution is -2.36. The van der Waals surface area contributed by atoms with Crippen molar-refractivity contribution in [2.24, 2.45) is 11.8 Å². The molecule has 1 rings (SSSR count). The van der Waals surface area contributed by atoms with Crippen LogP contribution in [0, 0.1) is 11.8 Å². The lowest BCUT2D eigenvalue weighted by molar-refractivity contribution is -0.141. The molecule has 114 valence electrons. The van der Waals surface area contributed by atoms with Crippen LogP contribution in [0.4, 0.5) is 0 Å². The molecule has 2 N–H and O–H groups in total. The lowest BCUT2D eigenvalue weighted by Gasteiger charge is -2.16. The number of hydrogen-bond acceptors (Lipinski definition) is 2. The van der Waals surface area contributed by atoms with Crippen LogP contribution in [0.3, 0.4) is 0 Å². The molecule has 21 heavy (non-hydrogen) atoms. The third kappa shape index (κ3) is 6.25. The second-order valence-electron chi connectivity index (χ2n) is 5.53. The number of carboxylic acids is 1. The van der Waals surface area contributed by atoms with Crippen LogP contribution >= 0.6 is 0 Å². The summed E-state index contributed by atoms with van der Waals surface area (Å²) in [5.74, 6) is -1.83. The van der Waals surface area contributed by atoms with Gasteiger partial charge in [-0.15, -0.1) is 6.58 Å². The molecule has 1 amide bonds. The van der Waals surface area contributed by atoms with Crippen LogP contribution in [0.25, 0.3) is 0 Å². The van der Waals surface area contributed by atoms with Crippen LogP contribution in [0.2, 0.25) is 0 Å². The van der Waals surface area contributed by atoms with Crippen LogP contribution in [0.1, 0.15) is 25.8 Å². The van der Waals surface area contributed by atoms with Crippen LogP contribution in [0.5, 0.6) is 0 Å². The number of aliphatic carboxylic acids is 1. The van der Waals surface area contributed by atoms with Gasteiger partial charge in [-0.3, -0.25) is 9.59 Å². The van der Waals surface area contributed by atoms with Gasteiger partial charge in [-0.2, -0.15) is 0 Å². The Labute approximate surface area is 125 Å². The minimum absolute atomic E-state index is 0.127. The quantitative estimate of drug-likeness (QED) is 0.723. The van der Waals surface area contributed by atoms with E-state index >= 15 is 0 Å². The highest BCUT2D eigenvalue weighted by molar-refractivity contribution is 5.79. The van der Waals surface area contributed by atoms with E-state index in [0.29, 0.717) is 12.8 Å². The van der Waals surface area contributed by atoms with E-state index in [4.69, 9.17) is 0 Å². The summed E-state index contributed by atoms with van der Waals surface area (Å²) in [6, 6.07) is 9.42. The van der Waals surface area contributed by atoms with Crippen molar-refractivity contribution in [1.29, 1.82) is 0 Å². The normalized spacial score (nSPS) is 13.2.